The van der Waals surface area contributed by atoms with Crippen LogP contribution in [-0.2, 0) is 13.2 Å². The summed E-state index contributed by atoms with van der Waals surface area (Å²) in [6.07, 6.45) is 4.27. The van der Waals surface area contributed by atoms with E-state index in [1.807, 2.05) is 18.3 Å². The number of aliphatic hydroxyl groups excluding tert-OH is 1. The topological polar surface area (TPSA) is 64.2 Å². The van der Waals surface area contributed by atoms with Gasteiger partial charge in [0, 0.05) is 30.2 Å². The van der Waals surface area contributed by atoms with E-state index in [0.29, 0.717) is 6.04 Å². The van der Waals surface area contributed by atoms with Crippen LogP contribution >= 0.6 is 0 Å². The maximum Gasteiger partial charge on any atom is 0.0681 e. The molecule has 4 rings (SSSR count). The predicted octanol–water partition coefficient (Wildman–Crippen LogP) is 3.13. The molecule has 5 heteroatoms. The molecule has 0 amide bonds. The molecule has 0 radical (unpaired) electrons. The average Bonchev–Trinajstić information content (AvgIpc) is 3.10. The van der Waals surface area contributed by atoms with Crippen molar-refractivity contribution in [2.75, 3.05) is 18.4 Å². The van der Waals surface area contributed by atoms with Gasteiger partial charge in [-0.1, -0.05) is 24.3 Å². The number of rotatable bonds is 5. The number of likely N-dealkylation sites (tertiary alicyclic amines) is 1. The van der Waals surface area contributed by atoms with Crippen molar-refractivity contribution in [1.82, 2.24) is 15.1 Å². The molecule has 2 heterocycles. The maximum absolute atomic E-state index is 9.15. The Morgan fingerprint density at radius 2 is 2.00 bits per heavy atom. The molecule has 1 fully saturated rings. The number of nitrogens with zero attached hydrogens (tertiary/aromatic N) is 2. The summed E-state index contributed by atoms with van der Waals surface area (Å²) in [5.41, 5.74) is 4.50. The van der Waals surface area contributed by atoms with Crippen molar-refractivity contribution in [3.8, 4) is 0 Å². The van der Waals surface area contributed by atoms with Gasteiger partial charge in [-0.2, -0.15) is 5.10 Å². The van der Waals surface area contributed by atoms with E-state index in [2.05, 4.69) is 50.7 Å². The first-order valence-corrected chi connectivity index (χ1v) is 8.91. The SMILES string of the molecule is OCc1ccc(CN2CCC[C@@H](Nc3ccc4[nH]ncc4c3)C2)cc1. The lowest BCUT2D eigenvalue weighted by atomic mass is 10.0. The molecule has 0 bridgehead atoms. The third kappa shape index (κ3) is 3.83. The molecule has 1 saturated heterocycles. The number of piperidine rings is 1. The molecule has 3 N–H and O–H groups in total. The summed E-state index contributed by atoms with van der Waals surface area (Å²) in [5, 5.41) is 21.0. The molecule has 0 unspecified atom stereocenters. The van der Waals surface area contributed by atoms with Gasteiger partial charge in [0.05, 0.1) is 18.3 Å². The van der Waals surface area contributed by atoms with E-state index in [1.165, 1.54) is 18.4 Å². The van der Waals surface area contributed by atoms with E-state index in [1.54, 1.807) is 0 Å². The highest BCUT2D eigenvalue weighted by atomic mass is 16.3. The highest BCUT2D eigenvalue weighted by Crippen LogP contribution is 2.21. The van der Waals surface area contributed by atoms with Crippen LogP contribution in [0.3, 0.4) is 0 Å². The second kappa shape index (κ2) is 7.25. The second-order valence-electron chi connectivity index (χ2n) is 6.87. The first-order chi connectivity index (χ1) is 12.3. The van der Waals surface area contributed by atoms with E-state index in [4.69, 9.17) is 5.11 Å². The van der Waals surface area contributed by atoms with E-state index < -0.39 is 0 Å². The number of aliphatic hydroxyl groups is 1. The Morgan fingerprint density at radius 1 is 1.16 bits per heavy atom. The number of hydrogen-bond donors (Lipinski definition) is 3. The van der Waals surface area contributed by atoms with Gasteiger partial charge in [0.2, 0.25) is 0 Å². The molecule has 2 aromatic carbocycles. The van der Waals surface area contributed by atoms with Gasteiger partial charge in [-0.05, 0) is 48.7 Å². The fourth-order valence-electron chi connectivity index (χ4n) is 3.59. The number of nitrogens with one attached hydrogen (secondary N) is 2. The fourth-order valence-corrected chi connectivity index (χ4v) is 3.59. The Kier molecular flexibility index (Phi) is 4.68. The van der Waals surface area contributed by atoms with Gasteiger partial charge in [-0.15, -0.1) is 0 Å². The van der Waals surface area contributed by atoms with Crippen molar-refractivity contribution in [3.05, 3.63) is 59.8 Å². The number of anilines is 1. The summed E-state index contributed by atoms with van der Waals surface area (Å²) in [7, 11) is 0. The maximum atomic E-state index is 9.15. The van der Waals surface area contributed by atoms with Crippen molar-refractivity contribution in [3.63, 3.8) is 0 Å². The zero-order chi connectivity index (χ0) is 17.1. The van der Waals surface area contributed by atoms with Gasteiger partial charge in [0.15, 0.2) is 0 Å². The quantitative estimate of drug-likeness (QED) is 0.670. The lowest BCUT2D eigenvalue weighted by molar-refractivity contribution is 0.208. The summed E-state index contributed by atoms with van der Waals surface area (Å²) in [6.45, 7) is 3.26. The van der Waals surface area contributed by atoms with Crippen LogP contribution in [0.2, 0.25) is 0 Å². The minimum Gasteiger partial charge on any atom is -0.392 e. The second-order valence-corrected chi connectivity index (χ2v) is 6.87. The largest absolute Gasteiger partial charge is 0.392 e. The Balaban J connectivity index is 1.38. The first-order valence-electron chi connectivity index (χ1n) is 8.91. The Labute approximate surface area is 147 Å². The summed E-state index contributed by atoms with van der Waals surface area (Å²) in [5.74, 6) is 0. The van der Waals surface area contributed by atoms with Crippen LogP contribution in [0.25, 0.3) is 10.9 Å². The number of aromatic amines is 1. The van der Waals surface area contributed by atoms with Gasteiger partial charge in [0.1, 0.15) is 0 Å². The normalized spacial score (nSPS) is 18.5. The summed E-state index contributed by atoms with van der Waals surface area (Å²) < 4.78 is 0. The fraction of sp³-hybridized carbons (Fsp3) is 0.350. The molecule has 130 valence electrons. The van der Waals surface area contributed by atoms with Gasteiger partial charge >= 0.3 is 0 Å². The summed E-state index contributed by atoms with van der Waals surface area (Å²) in [6, 6.07) is 15.1. The van der Waals surface area contributed by atoms with Crippen LogP contribution < -0.4 is 5.32 Å². The number of benzene rings is 2. The minimum atomic E-state index is 0.108. The molecular formula is C20H24N4O. The molecule has 1 aliphatic heterocycles. The summed E-state index contributed by atoms with van der Waals surface area (Å²) >= 11 is 0. The van der Waals surface area contributed by atoms with Crippen molar-refractivity contribution in [2.45, 2.75) is 32.0 Å². The first kappa shape index (κ1) is 16.1. The molecule has 1 atom stereocenters. The molecule has 5 nitrogen and oxygen atoms in total. The van der Waals surface area contributed by atoms with Crippen LogP contribution in [0.5, 0.6) is 0 Å². The zero-order valence-corrected chi connectivity index (χ0v) is 14.3. The van der Waals surface area contributed by atoms with Crippen LogP contribution in [0.15, 0.2) is 48.7 Å². The smallest absolute Gasteiger partial charge is 0.0681 e. The van der Waals surface area contributed by atoms with Crippen LogP contribution in [-0.4, -0.2) is 39.3 Å². The standard InChI is InChI=1S/C20H24N4O/c25-14-16-5-3-15(4-6-16)12-24-9-1-2-19(13-24)22-18-7-8-20-17(10-18)11-21-23-20/h3-8,10-11,19,22,25H,1-2,9,12-14H2,(H,21,23)/t19-/m1/s1. The highest BCUT2D eigenvalue weighted by molar-refractivity contribution is 5.81. The third-order valence-electron chi connectivity index (χ3n) is 4.93. The number of H-pyrrole nitrogens is 1. The third-order valence-corrected chi connectivity index (χ3v) is 4.93. The van der Waals surface area contributed by atoms with Crippen molar-refractivity contribution >= 4 is 16.6 Å². The Hall–Kier alpha value is -2.37. The minimum absolute atomic E-state index is 0.108. The van der Waals surface area contributed by atoms with Gasteiger partial charge in [-0.3, -0.25) is 10.00 Å². The lowest BCUT2D eigenvalue weighted by Gasteiger charge is -2.33. The van der Waals surface area contributed by atoms with Crippen molar-refractivity contribution < 1.29 is 5.11 Å². The van der Waals surface area contributed by atoms with Crippen LogP contribution in [0, 0.1) is 0 Å². The summed E-state index contributed by atoms with van der Waals surface area (Å²) in [4.78, 5) is 2.51. The molecular weight excluding hydrogens is 312 g/mol. The van der Waals surface area contributed by atoms with Gasteiger partial charge in [-0.25, -0.2) is 0 Å². The van der Waals surface area contributed by atoms with Gasteiger partial charge < -0.3 is 10.4 Å². The van der Waals surface area contributed by atoms with Crippen LogP contribution in [0.4, 0.5) is 5.69 Å². The molecule has 0 aliphatic carbocycles. The molecule has 3 aromatic rings. The lowest BCUT2D eigenvalue weighted by Crippen LogP contribution is -2.41. The van der Waals surface area contributed by atoms with Gasteiger partial charge in [0.25, 0.3) is 0 Å². The number of aromatic nitrogens is 2. The Morgan fingerprint density at radius 3 is 2.84 bits per heavy atom. The number of fused-ring (bicyclic) bond motifs is 1. The van der Waals surface area contributed by atoms with E-state index in [9.17, 15) is 0 Å². The van der Waals surface area contributed by atoms with E-state index in [0.717, 1.165) is 41.8 Å². The average molecular weight is 336 g/mol. The molecule has 0 spiro atoms. The highest BCUT2D eigenvalue weighted by Gasteiger charge is 2.20. The number of hydrogen-bond acceptors (Lipinski definition) is 4. The van der Waals surface area contributed by atoms with Crippen LogP contribution in [0.1, 0.15) is 24.0 Å². The zero-order valence-electron chi connectivity index (χ0n) is 14.3. The Bertz CT molecular complexity index is 827. The molecule has 25 heavy (non-hydrogen) atoms. The van der Waals surface area contributed by atoms with Crippen molar-refractivity contribution in [1.29, 1.82) is 0 Å². The molecule has 1 aliphatic rings. The van der Waals surface area contributed by atoms with Crippen molar-refractivity contribution in [2.24, 2.45) is 0 Å². The predicted molar refractivity (Wildman–Crippen MR) is 100 cm³/mol. The van der Waals surface area contributed by atoms with E-state index >= 15 is 0 Å². The molecule has 0 saturated carbocycles. The monoisotopic (exact) mass is 336 g/mol. The van der Waals surface area contributed by atoms with E-state index in [-0.39, 0.29) is 6.61 Å². The molecule has 1 aromatic heterocycles.